The number of nitriles is 1. The Morgan fingerprint density at radius 2 is 2.38 bits per heavy atom. The highest BCUT2D eigenvalue weighted by atomic mass is 32.1. The molecule has 1 atom stereocenters. The molecule has 3 nitrogen and oxygen atoms in total. The van der Waals surface area contributed by atoms with Gasteiger partial charge in [-0.1, -0.05) is 6.92 Å². The number of nitrogens with zero attached hydrogens (tertiary/aromatic N) is 2. The lowest BCUT2D eigenvalue weighted by molar-refractivity contribution is 0.583. The van der Waals surface area contributed by atoms with Gasteiger partial charge < -0.3 is 10.6 Å². The number of rotatable bonds is 2. The van der Waals surface area contributed by atoms with Crippen molar-refractivity contribution < 1.29 is 0 Å². The molecule has 2 N–H and O–H groups in total. The van der Waals surface area contributed by atoms with Gasteiger partial charge in [-0.2, -0.15) is 5.26 Å². The zero-order chi connectivity index (χ0) is 11.7. The largest absolute Gasteiger partial charge is 0.389 e. The van der Waals surface area contributed by atoms with Crippen molar-refractivity contribution in [2.24, 2.45) is 0 Å². The molecule has 1 unspecified atom stereocenters. The van der Waals surface area contributed by atoms with Crippen molar-refractivity contribution in [3.8, 4) is 6.07 Å². The molecule has 0 bridgehead atoms. The molecular formula is C12H17N3S. The highest BCUT2D eigenvalue weighted by Crippen LogP contribution is 2.41. The first-order valence-corrected chi connectivity index (χ1v) is 6.58. The zero-order valence-corrected chi connectivity index (χ0v) is 10.6. The fourth-order valence-corrected chi connectivity index (χ4v) is 3.32. The normalized spacial score (nSPS) is 16.7. The third kappa shape index (κ3) is 1.65. The number of thiophene rings is 1. The lowest BCUT2D eigenvalue weighted by Crippen LogP contribution is -2.36. The fourth-order valence-electron chi connectivity index (χ4n) is 2.25. The van der Waals surface area contributed by atoms with Crippen LogP contribution in [0.4, 0.5) is 10.7 Å². The second-order valence-corrected chi connectivity index (χ2v) is 5.42. The highest BCUT2D eigenvalue weighted by Gasteiger charge is 2.27. The van der Waals surface area contributed by atoms with E-state index >= 15 is 0 Å². The lowest BCUT2D eigenvalue weighted by Gasteiger charge is -2.34. The number of hydrogen-bond acceptors (Lipinski definition) is 4. The molecule has 2 rings (SSSR count). The van der Waals surface area contributed by atoms with E-state index in [1.165, 1.54) is 11.3 Å². The summed E-state index contributed by atoms with van der Waals surface area (Å²) in [5, 5.41) is 9.87. The molecule has 4 heteroatoms. The van der Waals surface area contributed by atoms with Gasteiger partial charge in [-0.3, -0.25) is 0 Å². The minimum Gasteiger partial charge on any atom is -0.389 e. The Balaban J connectivity index is 2.48. The van der Waals surface area contributed by atoms with Crippen LogP contribution in [0.5, 0.6) is 0 Å². The standard InChI is InChI=1S/C12H17N3S/c1-3-8(2)15-6-4-5-10-11(15)9(7-13)12(14)16-10/h8H,3-6,14H2,1-2H3. The predicted octanol–water partition coefficient (Wildman–Crippen LogP) is 2.75. The number of fused-ring (bicyclic) bond motifs is 1. The maximum absolute atomic E-state index is 9.19. The van der Waals surface area contributed by atoms with Crippen molar-refractivity contribution in [3.63, 3.8) is 0 Å². The van der Waals surface area contributed by atoms with Crippen molar-refractivity contribution in [2.75, 3.05) is 17.2 Å². The zero-order valence-electron chi connectivity index (χ0n) is 9.79. The Bertz CT molecular complexity index is 430. The summed E-state index contributed by atoms with van der Waals surface area (Å²) in [4.78, 5) is 3.64. The van der Waals surface area contributed by atoms with E-state index < -0.39 is 0 Å². The van der Waals surface area contributed by atoms with Gasteiger partial charge in [0.15, 0.2) is 0 Å². The molecule has 0 aromatic carbocycles. The van der Waals surface area contributed by atoms with E-state index in [1.807, 2.05) is 0 Å². The molecule has 86 valence electrons. The van der Waals surface area contributed by atoms with Crippen LogP contribution < -0.4 is 10.6 Å². The van der Waals surface area contributed by atoms with E-state index in [9.17, 15) is 5.26 Å². The molecule has 0 saturated heterocycles. The monoisotopic (exact) mass is 235 g/mol. The van der Waals surface area contributed by atoms with Gasteiger partial charge in [0.1, 0.15) is 16.6 Å². The van der Waals surface area contributed by atoms with E-state index in [0.29, 0.717) is 16.6 Å². The molecule has 2 heterocycles. The number of aryl methyl sites for hydroxylation is 1. The summed E-state index contributed by atoms with van der Waals surface area (Å²) in [7, 11) is 0. The highest BCUT2D eigenvalue weighted by molar-refractivity contribution is 7.16. The second-order valence-electron chi connectivity index (χ2n) is 4.28. The van der Waals surface area contributed by atoms with Crippen LogP contribution in [0.25, 0.3) is 0 Å². The van der Waals surface area contributed by atoms with Crippen LogP contribution in [0.15, 0.2) is 0 Å². The molecule has 0 saturated carbocycles. The molecule has 1 aromatic heterocycles. The number of hydrogen-bond donors (Lipinski definition) is 1. The van der Waals surface area contributed by atoms with Crippen molar-refractivity contribution in [2.45, 2.75) is 39.2 Å². The van der Waals surface area contributed by atoms with Gasteiger partial charge in [-0.25, -0.2) is 0 Å². The number of nitrogen functional groups attached to an aromatic ring is 1. The van der Waals surface area contributed by atoms with Gasteiger partial charge in [0.25, 0.3) is 0 Å². The smallest absolute Gasteiger partial charge is 0.110 e. The van der Waals surface area contributed by atoms with Gasteiger partial charge in [0.05, 0.1) is 5.69 Å². The molecule has 1 aliphatic rings. The molecule has 0 fully saturated rings. The maximum Gasteiger partial charge on any atom is 0.110 e. The summed E-state index contributed by atoms with van der Waals surface area (Å²) in [5.74, 6) is 0. The van der Waals surface area contributed by atoms with E-state index in [-0.39, 0.29) is 0 Å². The molecule has 16 heavy (non-hydrogen) atoms. The molecule has 1 aliphatic heterocycles. The second kappa shape index (κ2) is 4.34. The van der Waals surface area contributed by atoms with Gasteiger partial charge >= 0.3 is 0 Å². The van der Waals surface area contributed by atoms with Crippen LogP contribution in [0.1, 0.15) is 37.1 Å². The Morgan fingerprint density at radius 1 is 1.62 bits per heavy atom. The van der Waals surface area contributed by atoms with Crippen LogP contribution in [0.3, 0.4) is 0 Å². The summed E-state index contributed by atoms with van der Waals surface area (Å²) < 4.78 is 0. The van der Waals surface area contributed by atoms with E-state index in [2.05, 4.69) is 24.8 Å². The summed E-state index contributed by atoms with van der Waals surface area (Å²) in [6.07, 6.45) is 3.33. The average molecular weight is 235 g/mol. The van der Waals surface area contributed by atoms with Gasteiger partial charge in [0, 0.05) is 17.5 Å². The van der Waals surface area contributed by atoms with E-state index in [1.54, 1.807) is 11.3 Å². The quantitative estimate of drug-likeness (QED) is 0.857. The minimum absolute atomic E-state index is 0.486. The third-order valence-electron chi connectivity index (χ3n) is 3.31. The average Bonchev–Trinajstić information content (AvgIpc) is 2.63. The Labute approximate surface area is 100 Å². The van der Waals surface area contributed by atoms with Gasteiger partial charge in [-0.15, -0.1) is 11.3 Å². The fraction of sp³-hybridized carbons (Fsp3) is 0.583. The van der Waals surface area contributed by atoms with Crippen LogP contribution >= 0.6 is 11.3 Å². The summed E-state index contributed by atoms with van der Waals surface area (Å²) >= 11 is 1.59. The van der Waals surface area contributed by atoms with Crippen molar-refractivity contribution in [3.05, 3.63) is 10.4 Å². The molecular weight excluding hydrogens is 218 g/mol. The Hall–Kier alpha value is -1.21. The summed E-state index contributed by atoms with van der Waals surface area (Å²) in [6.45, 7) is 5.44. The minimum atomic E-state index is 0.486. The lowest BCUT2D eigenvalue weighted by atomic mass is 10.0. The first-order chi connectivity index (χ1) is 7.69. The van der Waals surface area contributed by atoms with E-state index in [4.69, 9.17) is 5.73 Å². The first-order valence-electron chi connectivity index (χ1n) is 5.76. The third-order valence-corrected chi connectivity index (χ3v) is 4.37. The molecule has 0 amide bonds. The molecule has 0 spiro atoms. The van der Waals surface area contributed by atoms with Crippen LogP contribution in [0, 0.1) is 11.3 Å². The van der Waals surface area contributed by atoms with Crippen LogP contribution in [-0.4, -0.2) is 12.6 Å². The molecule has 0 radical (unpaired) electrons. The summed E-state index contributed by atoms with van der Waals surface area (Å²) in [5.41, 5.74) is 7.72. The first kappa shape index (κ1) is 11.3. The molecule has 0 aliphatic carbocycles. The maximum atomic E-state index is 9.19. The van der Waals surface area contributed by atoms with Crippen LogP contribution in [-0.2, 0) is 6.42 Å². The van der Waals surface area contributed by atoms with Crippen LogP contribution in [0.2, 0.25) is 0 Å². The van der Waals surface area contributed by atoms with Gasteiger partial charge in [-0.05, 0) is 26.2 Å². The van der Waals surface area contributed by atoms with Crippen molar-refractivity contribution in [1.29, 1.82) is 5.26 Å². The predicted molar refractivity (Wildman–Crippen MR) is 68.9 cm³/mol. The van der Waals surface area contributed by atoms with Gasteiger partial charge in [0.2, 0.25) is 0 Å². The Kier molecular flexibility index (Phi) is 3.06. The van der Waals surface area contributed by atoms with Crippen molar-refractivity contribution in [1.82, 2.24) is 0 Å². The number of nitrogens with two attached hydrogens (primary N) is 1. The summed E-state index contributed by atoms with van der Waals surface area (Å²) in [6, 6.07) is 2.74. The Morgan fingerprint density at radius 3 is 3.00 bits per heavy atom. The molecule has 1 aromatic rings. The number of anilines is 2. The SMILES string of the molecule is CCC(C)N1CCCc2sc(N)c(C#N)c21. The topological polar surface area (TPSA) is 53.0 Å². The van der Waals surface area contributed by atoms with Crippen molar-refractivity contribution >= 4 is 22.0 Å². The van der Waals surface area contributed by atoms with E-state index in [0.717, 1.165) is 25.1 Å².